The molecule has 1 aromatic carbocycles. The summed E-state index contributed by atoms with van der Waals surface area (Å²) in [5.74, 6) is 1.80. The number of likely N-dealkylation sites (N-methyl/N-ethyl adjacent to an activating group) is 1. The highest BCUT2D eigenvalue weighted by Gasteiger charge is 2.18. The molecule has 0 spiro atoms. The van der Waals surface area contributed by atoms with Gasteiger partial charge in [-0.05, 0) is 44.1 Å². The molecule has 23 heavy (non-hydrogen) atoms. The number of carbonyl (C=O) groups excluding carboxylic acids is 1. The lowest BCUT2D eigenvalue weighted by Crippen LogP contribution is -2.34. The Morgan fingerprint density at radius 2 is 1.91 bits per heavy atom. The quantitative estimate of drug-likeness (QED) is 0.799. The molecular weight excluding hydrogens is 288 g/mol. The minimum Gasteiger partial charge on any atom is -0.497 e. The van der Waals surface area contributed by atoms with E-state index in [2.05, 4.69) is 22.3 Å². The average molecular weight is 318 g/mol. The van der Waals surface area contributed by atoms with E-state index in [1.807, 2.05) is 26.2 Å². The number of carbonyl (C=O) groups is 1. The van der Waals surface area contributed by atoms with Crippen LogP contribution in [-0.2, 0) is 4.79 Å². The third kappa shape index (κ3) is 5.54. The van der Waals surface area contributed by atoms with E-state index >= 15 is 0 Å². The van der Waals surface area contributed by atoms with Crippen LogP contribution < -0.4 is 10.1 Å². The second-order valence-corrected chi connectivity index (χ2v) is 6.75. The summed E-state index contributed by atoms with van der Waals surface area (Å²) in [5.41, 5.74) is 1.19. The third-order valence-electron chi connectivity index (χ3n) is 4.87. The largest absolute Gasteiger partial charge is 0.497 e. The molecule has 1 fully saturated rings. The molecule has 0 aromatic heterocycles. The summed E-state index contributed by atoms with van der Waals surface area (Å²) in [6.07, 6.45) is 6.99. The van der Waals surface area contributed by atoms with Gasteiger partial charge in [0.15, 0.2) is 0 Å². The molecule has 4 nitrogen and oxygen atoms in total. The maximum absolute atomic E-state index is 12.1. The van der Waals surface area contributed by atoms with Gasteiger partial charge in [-0.1, -0.05) is 37.8 Å². The van der Waals surface area contributed by atoms with Gasteiger partial charge in [-0.2, -0.15) is 0 Å². The van der Waals surface area contributed by atoms with Crippen molar-refractivity contribution in [1.82, 2.24) is 10.2 Å². The van der Waals surface area contributed by atoms with Crippen molar-refractivity contribution in [2.75, 3.05) is 27.7 Å². The van der Waals surface area contributed by atoms with Crippen molar-refractivity contribution in [2.45, 2.75) is 44.6 Å². The van der Waals surface area contributed by atoms with Crippen molar-refractivity contribution in [2.24, 2.45) is 5.92 Å². The highest BCUT2D eigenvalue weighted by atomic mass is 16.5. The molecule has 0 saturated heterocycles. The second kappa shape index (κ2) is 8.92. The van der Waals surface area contributed by atoms with Crippen molar-refractivity contribution in [1.29, 1.82) is 0 Å². The number of nitrogens with zero attached hydrogens (tertiary/aromatic N) is 1. The van der Waals surface area contributed by atoms with Gasteiger partial charge >= 0.3 is 0 Å². The van der Waals surface area contributed by atoms with E-state index in [-0.39, 0.29) is 11.9 Å². The summed E-state index contributed by atoms with van der Waals surface area (Å²) in [7, 11) is 5.75. The fraction of sp³-hybridized carbons (Fsp3) is 0.632. The Morgan fingerprint density at radius 1 is 1.26 bits per heavy atom. The predicted octanol–water partition coefficient (Wildman–Crippen LogP) is 3.38. The lowest BCUT2D eigenvalue weighted by molar-refractivity contribution is -0.121. The zero-order valence-electron chi connectivity index (χ0n) is 14.7. The number of hydrogen-bond donors (Lipinski definition) is 1. The normalized spacial score (nSPS) is 16.5. The fourth-order valence-corrected chi connectivity index (χ4v) is 3.36. The Morgan fingerprint density at radius 3 is 2.48 bits per heavy atom. The van der Waals surface area contributed by atoms with Crippen LogP contribution in [0.3, 0.4) is 0 Å². The molecule has 1 aliphatic carbocycles. The van der Waals surface area contributed by atoms with Crippen LogP contribution in [0.5, 0.6) is 5.75 Å². The Kier molecular flexibility index (Phi) is 6.90. The minimum atomic E-state index is 0.177. The number of benzene rings is 1. The van der Waals surface area contributed by atoms with E-state index in [0.717, 1.165) is 18.1 Å². The van der Waals surface area contributed by atoms with Gasteiger partial charge in [0.25, 0.3) is 0 Å². The van der Waals surface area contributed by atoms with E-state index in [9.17, 15) is 4.79 Å². The van der Waals surface area contributed by atoms with Crippen LogP contribution >= 0.6 is 0 Å². The maximum Gasteiger partial charge on any atom is 0.220 e. The first-order valence-electron chi connectivity index (χ1n) is 8.67. The lowest BCUT2D eigenvalue weighted by atomic mass is 10.0. The smallest absolute Gasteiger partial charge is 0.220 e. The van der Waals surface area contributed by atoms with Gasteiger partial charge in [0.2, 0.25) is 5.91 Å². The van der Waals surface area contributed by atoms with Crippen molar-refractivity contribution in [3.05, 3.63) is 29.8 Å². The number of hydrogen-bond acceptors (Lipinski definition) is 3. The van der Waals surface area contributed by atoms with Gasteiger partial charge in [-0.15, -0.1) is 0 Å². The van der Waals surface area contributed by atoms with Crippen LogP contribution in [0.15, 0.2) is 24.3 Å². The molecule has 128 valence electrons. The number of nitrogens with one attached hydrogen (secondary N) is 1. The molecule has 0 heterocycles. The summed E-state index contributed by atoms with van der Waals surface area (Å²) in [4.78, 5) is 14.2. The molecule has 1 aromatic rings. The van der Waals surface area contributed by atoms with E-state index in [0.29, 0.717) is 13.0 Å². The Hall–Kier alpha value is -1.55. The predicted molar refractivity (Wildman–Crippen MR) is 93.6 cm³/mol. The lowest BCUT2D eigenvalue weighted by Gasteiger charge is -2.25. The maximum atomic E-state index is 12.1. The van der Waals surface area contributed by atoms with E-state index in [4.69, 9.17) is 4.74 Å². The van der Waals surface area contributed by atoms with Crippen LogP contribution in [0, 0.1) is 5.92 Å². The number of methoxy groups -OCH3 is 1. The van der Waals surface area contributed by atoms with Crippen molar-refractivity contribution in [3.63, 3.8) is 0 Å². The van der Waals surface area contributed by atoms with Crippen LogP contribution in [0.1, 0.15) is 50.1 Å². The van der Waals surface area contributed by atoms with Gasteiger partial charge in [0, 0.05) is 13.0 Å². The molecule has 0 radical (unpaired) electrons. The van der Waals surface area contributed by atoms with Gasteiger partial charge in [0.05, 0.1) is 13.2 Å². The van der Waals surface area contributed by atoms with Gasteiger partial charge in [-0.3, -0.25) is 4.79 Å². The molecule has 4 heteroatoms. The molecule has 0 bridgehead atoms. The summed E-state index contributed by atoms with van der Waals surface area (Å²) in [6.45, 7) is 0.642. The van der Waals surface area contributed by atoms with Crippen molar-refractivity contribution in [3.8, 4) is 5.75 Å². The fourth-order valence-electron chi connectivity index (χ4n) is 3.36. The van der Waals surface area contributed by atoms with Gasteiger partial charge in [-0.25, -0.2) is 0 Å². The third-order valence-corrected chi connectivity index (χ3v) is 4.87. The molecule has 1 saturated carbocycles. The topological polar surface area (TPSA) is 41.6 Å². The standard InChI is InChI=1S/C19H30N2O2/c1-21(2)18(16-9-11-17(23-3)12-10-16)14-20-19(22)13-8-15-6-4-5-7-15/h9-12,15,18H,4-8,13-14H2,1-3H3,(H,20,22). The van der Waals surface area contributed by atoms with Crippen molar-refractivity contribution < 1.29 is 9.53 Å². The first-order valence-corrected chi connectivity index (χ1v) is 8.67. The highest BCUT2D eigenvalue weighted by molar-refractivity contribution is 5.75. The first-order chi connectivity index (χ1) is 11.1. The molecule has 1 atom stereocenters. The van der Waals surface area contributed by atoms with Crippen LogP contribution in [0.25, 0.3) is 0 Å². The number of ether oxygens (including phenoxy) is 1. The Balaban J connectivity index is 1.82. The molecule has 1 unspecified atom stereocenters. The number of amides is 1. The summed E-state index contributed by atoms with van der Waals surface area (Å²) in [5, 5.41) is 3.10. The monoisotopic (exact) mass is 318 g/mol. The molecule has 2 rings (SSSR count). The molecular formula is C19H30N2O2. The molecule has 1 N–H and O–H groups in total. The highest BCUT2D eigenvalue weighted by Crippen LogP contribution is 2.28. The van der Waals surface area contributed by atoms with Crippen LogP contribution in [0.4, 0.5) is 0 Å². The van der Waals surface area contributed by atoms with Crippen LogP contribution in [0.2, 0.25) is 0 Å². The van der Waals surface area contributed by atoms with Crippen molar-refractivity contribution >= 4 is 5.91 Å². The van der Waals surface area contributed by atoms with Gasteiger partial charge < -0.3 is 15.0 Å². The summed E-state index contributed by atoms with van der Waals surface area (Å²) < 4.78 is 5.20. The molecule has 0 aliphatic heterocycles. The Labute approximate surface area is 140 Å². The van der Waals surface area contributed by atoms with E-state index < -0.39 is 0 Å². The zero-order chi connectivity index (χ0) is 16.7. The Bertz CT molecular complexity index is 479. The number of rotatable bonds is 8. The zero-order valence-corrected chi connectivity index (χ0v) is 14.7. The second-order valence-electron chi connectivity index (χ2n) is 6.75. The summed E-state index contributed by atoms with van der Waals surface area (Å²) >= 11 is 0. The van der Waals surface area contributed by atoms with E-state index in [1.165, 1.54) is 31.2 Å². The SMILES string of the molecule is COc1ccc(C(CNC(=O)CCC2CCCC2)N(C)C)cc1. The first kappa shape index (κ1) is 17.8. The van der Waals surface area contributed by atoms with Gasteiger partial charge in [0.1, 0.15) is 5.75 Å². The minimum absolute atomic E-state index is 0.177. The summed E-state index contributed by atoms with van der Waals surface area (Å²) in [6, 6.07) is 8.24. The average Bonchev–Trinajstić information content (AvgIpc) is 3.07. The van der Waals surface area contributed by atoms with Crippen LogP contribution in [-0.4, -0.2) is 38.6 Å². The van der Waals surface area contributed by atoms with E-state index in [1.54, 1.807) is 7.11 Å². The molecule has 1 aliphatic rings. The molecule has 1 amide bonds.